The molecule has 29 heavy (non-hydrogen) atoms. The highest BCUT2D eigenvalue weighted by atomic mass is 16.2. The summed E-state index contributed by atoms with van der Waals surface area (Å²) in [7, 11) is 0. The summed E-state index contributed by atoms with van der Waals surface area (Å²) in [6.07, 6.45) is 6.58. The maximum absolute atomic E-state index is 12.9. The van der Waals surface area contributed by atoms with Gasteiger partial charge in [0.05, 0.1) is 11.4 Å². The van der Waals surface area contributed by atoms with Gasteiger partial charge in [-0.15, -0.1) is 0 Å². The van der Waals surface area contributed by atoms with Crippen molar-refractivity contribution in [1.82, 2.24) is 25.1 Å². The lowest BCUT2D eigenvalue weighted by molar-refractivity contribution is -0.133. The van der Waals surface area contributed by atoms with Crippen LogP contribution < -0.4 is 11.1 Å². The van der Waals surface area contributed by atoms with Crippen LogP contribution in [-0.4, -0.2) is 44.1 Å². The van der Waals surface area contributed by atoms with E-state index in [1.54, 1.807) is 6.07 Å². The molecule has 1 amide bonds. The van der Waals surface area contributed by atoms with Crippen molar-refractivity contribution in [2.24, 2.45) is 0 Å². The zero-order valence-electron chi connectivity index (χ0n) is 16.4. The van der Waals surface area contributed by atoms with E-state index in [1.807, 2.05) is 4.90 Å². The molecule has 0 radical (unpaired) electrons. The highest BCUT2D eigenvalue weighted by Crippen LogP contribution is 2.45. The first kappa shape index (κ1) is 18.3. The molecular weight excluding hydrogens is 370 g/mol. The number of nitrogens with one attached hydrogen (secondary N) is 2. The lowest BCUT2D eigenvalue weighted by atomic mass is 9.77. The molecule has 2 aliphatic carbocycles. The molecule has 8 heteroatoms. The zero-order valence-corrected chi connectivity index (χ0v) is 16.4. The Morgan fingerprint density at radius 1 is 1.24 bits per heavy atom. The molecule has 0 bridgehead atoms. The SMILES string of the molecule is O=C(CCc1ccc(=O)[nH]n1)N1CCCC2(CCc3c2nc(C2CC2)[nH]c3=O)C1. The number of fused-ring (bicyclic) bond motifs is 2. The van der Waals surface area contributed by atoms with E-state index in [9.17, 15) is 14.4 Å². The average molecular weight is 395 g/mol. The van der Waals surface area contributed by atoms with Crippen LogP contribution in [0.15, 0.2) is 21.7 Å². The minimum atomic E-state index is -0.244. The zero-order chi connectivity index (χ0) is 20.0. The molecule has 152 valence electrons. The van der Waals surface area contributed by atoms with E-state index in [-0.39, 0.29) is 22.4 Å². The molecule has 2 aromatic heterocycles. The van der Waals surface area contributed by atoms with Crippen LogP contribution >= 0.6 is 0 Å². The molecule has 3 heterocycles. The smallest absolute Gasteiger partial charge is 0.264 e. The van der Waals surface area contributed by atoms with Gasteiger partial charge in [0.15, 0.2) is 0 Å². The number of piperidine rings is 1. The summed E-state index contributed by atoms with van der Waals surface area (Å²) in [6.45, 7) is 1.38. The molecule has 1 aliphatic heterocycles. The van der Waals surface area contributed by atoms with E-state index in [0.717, 1.165) is 62.2 Å². The summed E-state index contributed by atoms with van der Waals surface area (Å²) >= 11 is 0. The van der Waals surface area contributed by atoms with Gasteiger partial charge in [-0.1, -0.05) is 0 Å². The molecule has 5 rings (SSSR count). The Labute approximate surface area is 167 Å². The van der Waals surface area contributed by atoms with Crippen LogP contribution in [0.1, 0.15) is 67.2 Å². The third kappa shape index (κ3) is 3.41. The predicted molar refractivity (Wildman–Crippen MR) is 106 cm³/mol. The molecular formula is C21H25N5O3. The fourth-order valence-electron chi connectivity index (χ4n) is 4.87. The molecule has 1 atom stereocenters. The van der Waals surface area contributed by atoms with Gasteiger partial charge >= 0.3 is 0 Å². The number of nitrogens with zero attached hydrogens (tertiary/aromatic N) is 3. The van der Waals surface area contributed by atoms with Crippen molar-refractivity contribution in [3.05, 3.63) is 55.6 Å². The van der Waals surface area contributed by atoms with Gasteiger partial charge < -0.3 is 9.88 Å². The van der Waals surface area contributed by atoms with E-state index >= 15 is 0 Å². The van der Waals surface area contributed by atoms with Crippen molar-refractivity contribution < 1.29 is 4.79 Å². The van der Waals surface area contributed by atoms with E-state index in [0.29, 0.717) is 31.0 Å². The molecule has 2 fully saturated rings. The second-order valence-electron chi connectivity index (χ2n) is 8.66. The Bertz CT molecular complexity index is 1050. The van der Waals surface area contributed by atoms with Crippen molar-refractivity contribution >= 4 is 5.91 Å². The third-order valence-electron chi connectivity index (χ3n) is 6.62. The monoisotopic (exact) mass is 395 g/mol. The number of hydrogen-bond donors (Lipinski definition) is 2. The maximum atomic E-state index is 12.9. The number of aryl methyl sites for hydroxylation is 1. The van der Waals surface area contributed by atoms with E-state index in [1.165, 1.54) is 6.07 Å². The number of hydrogen-bond acceptors (Lipinski definition) is 5. The first-order chi connectivity index (χ1) is 14.0. The number of likely N-dealkylation sites (tertiary alicyclic amines) is 1. The number of carbonyl (C=O) groups is 1. The summed E-state index contributed by atoms with van der Waals surface area (Å²) in [5.41, 5.74) is 2.06. The molecule has 1 spiro atoms. The van der Waals surface area contributed by atoms with Gasteiger partial charge in [-0.2, -0.15) is 5.10 Å². The Morgan fingerprint density at radius 3 is 2.86 bits per heavy atom. The van der Waals surface area contributed by atoms with Crippen LogP contribution in [0.3, 0.4) is 0 Å². The summed E-state index contributed by atoms with van der Waals surface area (Å²) in [5, 5.41) is 6.39. The molecule has 2 N–H and O–H groups in total. The van der Waals surface area contributed by atoms with Gasteiger partial charge in [0.2, 0.25) is 5.91 Å². The molecule has 1 saturated carbocycles. The van der Waals surface area contributed by atoms with Gasteiger partial charge in [-0.3, -0.25) is 14.4 Å². The number of aromatic nitrogens is 4. The standard InChI is InChI=1S/C21H25N5O3/c27-16-6-4-14(24-25-16)5-7-17(28)26-11-1-9-21(12-26)10-8-15-18(21)22-19(13-2-3-13)23-20(15)29/h4,6,13H,1-3,5,7-12H2,(H,25,27)(H,22,23,29). The largest absolute Gasteiger partial charge is 0.342 e. The summed E-state index contributed by atoms with van der Waals surface area (Å²) in [5.74, 6) is 1.33. The van der Waals surface area contributed by atoms with E-state index < -0.39 is 0 Å². The third-order valence-corrected chi connectivity index (χ3v) is 6.62. The molecule has 1 saturated heterocycles. The van der Waals surface area contributed by atoms with Crippen LogP contribution in [0.4, 0.5) is 0 Å². The highest BCUT2D eigenvalue weighted by Gasteiger charge is 2.46. The number of rotatable bonds is 4. The first-order valence-electron chi connectivity index (χ1n) is 10.5. The first-order valence-corrected chi connectivity index (χ1v) is 10.5. The maximum Gasteiger partial charge on any atom is 0.264 e. The fourth-order valence-corrected chi connectivity index (χ4v) is 4.87. The summed E-state index contributed by atoms with van der Waals surface area (Å²) < 4.78 is 0. The van der Waals surface area contributed by atoms with Gasteiger partial charge in [0, 0.05) is 48.9 Å². The van der Waals surface area contributed by atoms with Gasteiger partial charge in [-0.05, 0) is 44.6 Å². The number of aromatic amines is 2. The van der Waals surface area contributed by atoms with Crippen LogP contribution in [0.2, 0.25) is 0 Å². The van der Waals surface area contributed by atoms with Crippen LogP contribution in [0.25, 0.3) is 0 Å². The Kier molecular flexibility index (Phi) is 4.37. The van der Waals surface area contributed by atoms with E-state index in [2.05, 4.69) is 15.2 Å². The van der Waals surface area contributed by atoms with Crippen LogP contribution in [0.5, 0.6) is 0 Å². The van der Waals surface area contributed by atoms with Gasteiger partial charge in [0.1, 0.15) is 5.82 Å². The highest BCUT2D eigenvalue weighted by molar-refractivity contribution is 5.76. The van der Waals surface area contributed by atoms with Crippen molar-refractivity contribution in [1.29, 1.82) is 0 Å². The van der Waals surface area contributed by atoms with Crippen molar-refractivity contribution in [2.45, 2.75) is 62.7 Å². The molecule has 1 unspecified atom stereocenters. The molecule has 0 aromatic carbocycles. The summed E-state index contributed by atoms with van der Waals surface area (Å²) in [4.78, 5) is 46.4. The molecule has 3 aliphatic rings. The van der Waals surface area contributed by atoms with Gasteiger partial charge in [-0.25, -0.2) is 10.1 Å². The minimum Gasteiger partial charge on any atom is -0.342 e. The topological polar surface area (TPSA) is 112 Å². The number of H-pyrrole nitrogens is 2. The lowest BCUT2D eigenvalue weighted by Gasteiger charge is -2.40. The minimum absolute atomic E-state index is 0.0152. The summed E-state index contributed by atoms with van der Waals surface area (Å²) in [6, 6.07) is 3.09. The van der Waals surface area contributed by atoms with Crippen molar-refractivity contribution in [3.8, 4) is 0 Å². The second kappa shape index (κ2) is 6.93. The normalized spacial score (nSPS) is 23.4. The van der Waals surface area contributed by atoms with E-state index in [4.69, 9.17) is 4.98 Å². The van der Waals surface area contributed by atoms with Crippen LogP contribution in [-0.2, 0) is 23.1 Å². The number of amides is 1. The fraction of sp³-hybridized carbons (Fsp3) is 0.571. The van der Waals surface area contributed by atoms with Gasteiger partial charge in [0.25, 0.3) is 11.1 Å². The van der Waals surface area contributed by atoms with Crippen LogP contribution in [0, 0.1) is 0 Å². The predicted octanol–water partition coefficient (Wildman–Crippen LogP) is 1.17. The Hall–Kier alpha value is -2.77. The van der Waals surface area contributed by atoms with Crippen molar-refractivity contribution in [3.63, 3.8) is 0 Å². The Morgan fingerprint density at radius 2 is 2.10 bits per heavy atom. The quantitative estimate of drug-likeness (QED) is 0.807. The molecule has 2 aromatic rings. The molecule has 8 nitrogen and oxygen atoms in total. The number of carbonyl (C=O) groups excluding carboxylic acids is 1. The Balaban J connectivity index is 1.33. The average Bonchev–Trinajstić information content (AvgIpc) is 3.52. The van der Waals surface area contributed by atoms with Crippen molar-refractivity contribution in [2.75, 3.05) is 13.1 Å². The second-order valence-corrected chi connectivity index (χ2v) is 8.66. The lowest BCUT2D eigenvalue weighted by Crippen LogP contribution is -2.48.